The van der Waals surface area contributed by atoms with Crippen LogP contribution < -0.4 is 10.1 Å². The van der Waals surface area contributed by atoms with Gasteiger partial charge >= 0.3 is 0 Å². The van der Waals surface area contributed by atoms with Crippen LogP contribution in [0.25, 0.3) is 0 Å². The summed E-state index contributed by atoms with van der Waals surface area (Å²) >= 11 is 5.94. The van der Waals surface area contributed by atoms with Crippen LogP contribution in [0.5, 0.6) is 5.75 Å². The molecule has 0 heterocycles. The molecule has 4 nitrogen and oxygen atoms in total. The van der Waals surface area contributed by atoms with E-state index in [9.17, 15) is 5.11 Å². The van der Waals surface area contributed by atoms with Crippen LogP contribution in [0.3, 0.4) is 0 Å². The van der Waals surface area contributed by atoms with E-state index in [2.05, 4.69) is 17.4 Å². The second kappa shape index (κ2) is 11.1. The minimum Gasteiger partial charge on any atom is -0.491 e. The van der Waals surface area contributed by atoms with Crippen molar-refractivity contribution >= 4 is 11.6 Å². The SMILES string of the molecule is CCOCCOc1ccc(CCNCC(O)c2cccc(Cl)c2)cc1. The number of halogens is 1. The van der Waals surface area contributed by atoms with Gasteiger partial charge in [-0.3, -0.25) is 0 Å². The Hall–Kier alpha value is -1.59. The van der Waals surface area contributed by atoms with E-state index >= 15 is 0 Å². The highest BCUT2D eigenvalue weighted by Crippen LogP contribution is 2.17. The molecule has 0 fully saturated rings. The molecule has 0 aliphatic heterocycles. The molecule has 136 valence electrons. The van der Waals surface area contributed by atoms with E-state index < -0.39 is 6.10 Å². The maximum Gasteiger partial charge on any atom is 0.119 e. The molecule has 0 aliphatic rings. The van der Waals surface area contributed by atoms with Crippen molar-refractivity contribution in [3.63, 3.8) is 0 Å². The highest BCUT2D eigenvalue weighted by molar-refractivity contribution is 6.30. The van der Waals surface area contributed by atoms with Crippen LogP contribution in [0, 0.1) is 0 Å². The smallest absolute Gasteiger partial charge is 0.119 e. The Kier molecular flexibility index (Phi) is 8.77. The zero-order chi connectivity index (χ0) is 17.9. The van der Waals surface area contributed by atoms with Gasteiger partial charge in [0.2, 0.25) is 0 Å². The summed E-state index contributed by atoms with van der Waals surface area (Å²) in [6.45, 7) is 5.15. The number of ether oxygens (including phenoxy) is 2. The minimum atomic E-state index is -0.556. The number of hydrogen-bond donors (Lipinski definition) is 2. The van der Waals surface area contributed by atoms with Gasteiger partial charge in [-0.25, -0.2) is 0 Å². The van der Waals surface area contributed by atoms with Crippen LogP contribution in [0.2, 0.25) is 5.02 Å². The van der Waals surface area contributed by atoms with Gasteiger partial charge in [-0.05, 0) is 55.3 Å². The molecule has 0 bridgehead atoms. The van der Waals surface area contributed by atoms with Crippen LogP contribution in [-0.2, 0) is 11.2 Å². The van der Waals surface area contributed by atoms with Crippen molar-refractivity contribution in [2.45, 2.75) is 19.4 Å². The maximum absolute atomic E-state index is 10.2. The lowest BCUT2D eigenvalue weighted by Crippen LogP contribution is -2.23. The number of benzene rings is 2. The average Bonchev–Trinajstić information content (AvgIpc) is 2.63. The zero-order valence-electron chi connectivity index (χ0n) is 14.6. The third kappa shape index (κ3) is 7.45. The van der Waals surface area contributed by atoms with Crippen molar-refractivity contribution in [1.29, 1.82) is 0 Å². The molecule has 2 N–H and O–H groups in total. The van der Waals surface area contributed by atoms with Crippen LogP contribution in [-0.4, -0.2) is 38.0 Å². The van der Waals surface area contributed by atoms with Gasteiger partial charge in [0.15, 0.2) is 0 Å². The Morgan fingerprint density at radius 3 is 2.64 bits per heavy atom. The molecular weight excluding hydrogens is 338 g/mol. The molecule has 5 heteroatoms. The van der Waals surface area contributed by atoms with Gasteiger partial charge in [0.25, 0.3) is 0 Å². The van der Waals surface area contributed by atoms with E-state index in [0.29, 0.717) is 31.4 Å². The van der Waals surface area contributed by atoms with Gasteiger partial charge in [0.05, 0.1) is 12.7 Å². The standard InChI is InChI=1S/C20H26ClNO3/c1-2-24-12-13-25-19-8-6-16(7-9-19)10-11-22-15-20(23)17-4-3-5-18(21)14-17/h3-9,14,20,22-23H,2,10-13,15H2,1H3. The van der Waals surface area contributed by atoms with Gasteiger partial charge < -0.3 is 19.9 Å². The average molecular weight is 364 g/mol. The van der Waals surface area contributed by atoms with Crippen molar-refractivity contribution in [2.75, 3.05) is 32.9 Å². The molecule has 25 heavy (non-hydrogen) atoms. The molecule has 2 aromatic rings. The molecule has 0 aromatic heterocycles. The Labute approximate surface area is 154 Å². The van der Waals surface area contributed by atoms with E-state index in [1.54, 1.807) is 12.1 Å². The third-order valence-corrected chi connectivity index (χ3v) is 4.02. The predicted octanol–water partition coefficient (Wildman–Crippen LogP) is 3.62. The molecule has 0 amide bonds. The van der Waals surface area contributed by atoms with Crippen molar-refractivity contribution < 1.29 is 14.6 Å². The van der Waals surface area contributed by atoms with E-state index in [4.69, 9.17) is 21.1 Å². The molecule has 0 spiro atoms. The summed E-state index contributed by atoms with van der Waals surface area (Å²) in [7, 11) is 0. The molecule has 0 saturated carbocycles. The highest BCUT2D eigenvalue weighted by atomic mass is 35.5. The molecule has 0 aliphatic carbocycles. The maximum atomic E-state index is 10.2. The van der Waals surface area contributed by atoms with Crippen LogP contribution >= 0.6 is 11.6 Å². The summed E-state index contributed by atoms with van der Waals surface area (Å²) in [6.07, 6.45) is 0.335. The summed E-state index contributed by atoms with van der Waals surface area (Å²) in [5.74, 6) is 0.854. The molecule has 0 radical (unpaired) electrons. The van der Waals surface area contributed by atoms with Crippen molar-refractivity contribution in [2.24, 2.45) is 0 Å². The first-order valence-electron chi connectivity index (χ1n) is 8.62. The first-order chi connectivity index (χ1) is 12.2. The lowest BCUT2D eigenvalue weighted by molar-refractivity contribution is 0.110. The van der Waals surface area contributed by atoms with E-state index in [1.807, 2.05) is 31.2 Å². The molecule has 1 unspecified atom stereocenters. The summed E-state index contributed by atoms with van der Waals surface area (Å²) in [5, 5.41) is 14.1. The summed E-state index contributed by atoms with van der Waals surface area (Å²) in [4.78, 5) is 0. The van der Waals surface area contributed by atoms with Crippen molar-refractivity contribution in [3.8, 4) is 5.75 Å². The van der Waals surface area contributed by atoms with Gasteiger partial charge in [-0.15, -0.1) is 0 Å². The summed E-state index contributed by atoms with van der Waals surface area (Å²) in [6, 6.07) is 15.4. The number of aliphatic hydroxyl groups is 1. The lowest BCUT2D eigenvalue weighted by atomic mass is 10.1. The summed E-state index contributed by atoms with van der Waals surface area (Å²) < 4.78 is 10.8. The van der Waals surface area contributed by atoms with Crippen LogP contribution in [0.4, 0.5) is 0 Å². The fraction of sp³-hybridized carbons (Fsp3) is 0.400. The van der Waals surface area contributed by atoms with E-state index in [0.717, 1.165) is 24.3 Å². The number of nitrogens with one attached hydrogen (secondary N) is 1. The predicted molar refractivity (Wildman–Crippen MR) is 101 cm³/mol. The number of hydrogen-bond acceptors (Lipinski definition) is 4. The Morgan fingerprint density at radius 2 is 1.92 bits per heavy atom. The van der Waals surface area contributed by atoms with Gasteiger partial charge in [-0.1, -0.05) is 35.9 Å². The van der Waals surface area contributed by atoms with Crippen molar-refractivity contribution in [3.05, 3.63) is 64.7 Å². The van der Waals surface area contributed by atoms with Gasteiger partial charge in [0, 0.05) is 18.2 Å². The number of rotatable bonds is 11. The van der Waals surface area contributed by atoms with E-state index in [1.165, 1.54) is 5.56 Å². The second-order valence-corrected chi connectivity index (χ2v) is 6.15. The number of aliphatic hydroxyl groups excluding tert-OH is 1. The van der Waals surface area contributed by atoms with Crippen LogP contribution in [0.1, 0.15) is 24.2 Å². The normalized spacial score (nSPS) is 12.1. The Bertz CT molecular complexity index is 619. The molecule has 0 saturated heterocycles. The van der Waals surface area contributed by atoms with Gasteiger partial charge in [0.1, 0.15) is 12.4 Å². The fourth-order valence-corrected chi connectivity index (χ4v) is 2.62. The van der Waals surface area contributed by atoms with E-state index in [-0.39, 0.29) is 0 Å². The molecular formula is C20H26ClNO3. The molecule has 1 atom stereocenters. The zero-order valence-corrected chi connectivity index (χ0v) is 15.3. The first kappa shape index (κ1) is 19.7. The summed E-state index contributed by atoms with van der Waals surface area (Å²) in [5.41, 5.74) is 2.05. The fourth-order valence-electron chi connectivity index (χ4n) is 2.42. The second-order valence-electron chi connectivity index (χ2n) is 5.71. The Balaban J connectivity index is 1.66. The van der Waals surface area contributed by atoms with Crippen LogP contribution in [0.15, 0.2) is 48.5 Å². The third-order valence-electron chi connectivity index (χ3n) is 3.79. The highest BCUT2D eigenvalue weighted by Gasteiger charge is 2.07. The van der Waals surface area contributed by atoms with Crippen molar-refractivity contribution in [1.82, 2.24) is 5.32 Å². The topological polar surface area (TPSA) is 50.7 Å². The quantitative estimate of drug-likeness (QED) is 0.599. The monoisotopic (exact) mass is 363 g/mol. The molecule has 2 aromatic carbocycles. The minimum absolute atomic E-state index is 0.499. The van der Waals surface area contributed by atoms with Gasteiger partial charge in [-0.2, -0.15) is 0 Å². The molecule has 2 rings (SSSR count). The lowest BCUT2D eigenvalue weighted by Gasteiger charge is -2.13. The first-order valence-corrected chi connectivity index (χ1v) is 9.00. The largest absolute Gasteiger partial charge is 0.491 e. The Morgan fingerprint density at radius 1 is 1.12 bits per heavy atom.